The van der Waals surface area contributed by atoms with Crippen molar-refractivity contribution in [2.24, 2.45) is 0 Å². The van der Waals surface area contributed by atoms with Gasteiger partial charge < -0.3 is 79.6 Å². The molecule has 0 unspecified atom stereocenters. The van der Waals surface area contributed by atoms with Gasteiger partial charge in [-0.05, 0) is 108 Å². The largest absolute Gasteiger partial charge is 1.00 e. The van der Waals surface area contributed by atoms with Gasteiger partial charge in [0.1, 0.15) is 24.6 Å². The Morgan fingerprint density at radius 3 is 1.03 bits per heavy atom. The Morgan fingerprint density at radius 1 is 0.455 bits per heavy atom. The highest BCUT2D eigenvalue weighted by atomic mass is 79.9. The Labute approximate surface area is 421 Å². The fraction of sp³-hybridized carbons (Fsp3) is 0.458. The van der Waals surface area contributed by atoms with E-state index >= 15 is 0 Å². The standard InChI is InChI=1S/C24H38N2O4Si2.C24H38O6Si2.2BrH/c1-7-31(27-3,28-4)21-9-15-25-17-11-23(12-18-25)24-13-19-26(20-14-24)16-10-22-32(8-2,29-5)30-6;1-27-31(5,28-2)15-7-9-19-11-13-21(17-23(19)25)22-14-12-20(24(26)18-22)10-8-16-32(6,29-3)30-4;;/h7-8,11-14,17-20H,1-2,9-10,15-16,21-22H2,3-6H3;11-14,17-18,25-26H,7-10,15-16H2,1-6H3;2*1H/q+2;;;/p-2. The van der Waals surface area contributed by atoms with Crippen LogP contribution >= 0.6 is 0 Å². The third-order valence-electron chi connectivity index (χ3n) is 12.4. The number of hydrogen-bond acceptors (Lipinski definition) is 10. The number of aromatic nitrogens is 2. The first-order valence-corrected chi connectivity index (χ1v) is 31.2. The van der Waals surface area contributed by atoms with Crippen molar-refractivity contribution in [2.45, 2.75) is 88.9 Å². The Bertz CT molecular complexity index is 1860. The normalized spacial score (nSPS) is 11.8. The third kappa shape index (κ3) is 18.7. The van der Waals surface area contributed by atoms with Crippen molar-refractivity contribution in [1.29, 1.82) is 0 Å². The average molecular weight is 1110 g/mol. The summed E-state index contributed by atoms with van der Waals surface area (Å²) in [5.41, 5.74) is 9.68. The molecule has 4 rings (SSSR count). The molecule has 0 fully saturated rings. The summed E-state index contributed by atoms with van der Waals surface area (Å²) in [7, 11) is 4.96. The number of nitrogens with zero attached hydrogens (tertiary/aromatic N) is 2. The Kier molecular flexibility index (Phi) is 28.6. The summed E-state index contributed by atoms with van der Waals surface area (Å²) in [4.78, 5) is 0. The molecule has 2 aromatic heterocycles. The number of rotatable bonds is 28. The van der Waals surface area contributed by atoms with Crippen LogP contribution in [0, 0.1) is 0 Å². The van der Waals surface area contributed by atoms with Gasteiger partial charge in [0.2, 0.25) is 0 Å². The summed E-state index contributed by atoms with van der Waals surface area (Å²) >= 11 is 0. The molecule has 2 aromatic carbocycles. The van der Waals surface area contributed by atoms with E-state index in [-0.39, 0.29) is 45.5 Å². The lowest BCUT2D eigenvalue weighted by molar-refractivity contribution is -0.697. The number of aromatic hydroxyl groups is 2. The summed E-state index contributed by atoms with van der Waals surface area (Å²) in [6.07, 6.45) is 13.8. The van der Waals surface area contributed by atoms with E-state index in [1.165, 1.54) is 11.1 Å². The van der Waals surface area contributed by atoms with Gasteiger partial charge in [-0.3, -0.25) is 0 Å². The SMILES string of the molecule is C=C[Si](CCC[n+]1ccc(-c2cc[n+](CCC[Si](C=C)(OC)OC)cc2)cc1)(OC)OC.CO[Si](C)(CCCc1ccc(-c2ccc(CCC[Si](C)(OC)OC)c(O)c2)cc1O)OC.[Br-].[Br-]. The van der Waals surface area contributed by atoms with Crippen LogP contribution in [-0.2, 0) is 61.3 Å². The predicted molar refractivity (Wildman–Crippen MR) is 264 cm³/mol. The average Bonchev–Trinajstić information content (AvgIpc) is 3.33. The van der Waals surface area contributed by atoms with Gasteiger partial charge in [-0.2, -0.15) is 0 Å². The number of halogens is 2. The van der Waals surface area contributed by atoms with E-state index in [1.807, 2.05) is 48.8 Å². The predicted octanol–water partition coefficient (Wildman–Crippen LogP) is 3.00. The topological polar surface area (TPSA) is 122 Å². The lowest BCUT2D eigenvalue weighted by Crippen LogP contribution is -3.00. The van der Waals surface area contributed by atoms with Gasteiger partial charge in [-0.25, -0.2) is 9.13 Å². The smallest absolute Gasteiger partial charge is 0.364 e. The zero-order chi connectivity index (χ0) is 47.2. The van der Waals surface area contributed by atoms with E-state index in [0.717, 1.165) is 98.0 Å². The maximum absolute atomic E-state index is 10.5. The van der Waals surface area contributed by atoms with Crippen molar-refractivity contribution in [2.75, 3.05) is 56.9 Å². The summed E-state index contributed by atoms with van der Waals surface area (Å²) in [6.45, 7) is 13.7. The fourth-order valence-corrected chi connectivity index (χ4v) is 13.7. The van der Waals surface area contributed by atoms with Gasteiger partial charge in [-0.15, -0.1) is 13.2 Å². The molecule has 0 amide bonds. The molecule has 368 valence electrons. The number of hydrogen-bond donors (Lipinski definition) is 2. The molecular formula is C48H76Br2N2O10Si4. The van der Waals surface area contributed by atoms with Crippen LogP contribution in [0.3, 0.4) is 0 Å². The molecular weight excluding hydrogens is 1040 g/mol. The molecule has 0 radical (unpaired) electrons. The molecule has 0 bridgehead atoms. The minimum absolute atomic E-state index is 0. The monoisotopic (exact) mass is 1110 g/mol. The minimum Gasteiger partial charge on any atom is -1.00 e. The van der Waals surface area contributed by atoms with Crippen LogP contribution < -0.4 is 43.1 Å². The van der Waals surface area contributed by atoms with Crippen LogP contribution in [0.2, 0.25) is 37.3 Å². The zero-order valence-corrected chi connectivity index (χ0v) is 48.1. The van der Waals surface area contributed by atoms with Crippen LogP contribution in [0.4, 0.5) is 0 Å². The highest BCUT2D eigenvalue weighted by molar-refractivity contribution is 6.72. The van der Waals surface area contributed by atoms with E-state index in [4.69, 9.17) is 35.4 Å². The molecule has 0 atom stereocenters. The third-order valence-corrected chi connectivity index (χ3v) is 24.5. The maximum atomic E-state index is 10.5. The van der Waals surface area contributed by atoms with Crippen molar-refractivity contribution in [1.82, 2.24) is 0 Å². The van der Waals surface area contributed by atoms with Crippen molar-refractivity contribution >= 4 is 34.2 Å². The Morgan fingerprint density at radius 2 is 0.773 bits per heavy atom. The summed E-state index contributed by atoms with van der Waals surface area (Å²) in [5, 5.41) is 21.1. The van der Waals surface area contributed by atoms with Crippen molar-refractivity contribution in [3.8, 4) is 33.8 Å². The molecule has 2 N–H and O–H groups in total. The highest BCUT2D eigenvalue weighted by Gasteiger charge is 2.33. The van der Waals surface area contributed by atoms with E-state index in [0.29, 0.717) is 0 Å². The van der Waals surface area contributed by atoms with Gasteiger partial charge in [0.25, 0.3) is 0 Å². The molecule has 2 heterocycles. The molecule has 0 aliphatic rings. The molecule has 0 spiro atoms. The van der Waals surface area contributed by atoms with Gasteiger partial charge >= 0.3 is 34.2 Å². The number of benzene rings is 2. The Hall–Kier alpha value is -2.67. The first kappa shape index (κ1) is 61.3. The molecule has 4 aromatic rings. The van der Waals surface area contributed by atoms with Crippen LogP contribution in [-0.4, -0.2) is 101 Å². The van der Waals surface area contributed by atoms with Crippen LogP contribution in [0.25, 0.3) is 22.3 Å². The van der Waals surface area contributed by atoms with Crippen LogP contribution in [0.5, 0.6) is 11.5 Å². The quantitative estimate of drug-likeness (QED) is 0.0650. The molecule has 0 aliphatic carbocycles. The number of phenolic OH excluding ortho intramolecular Hbond substituents is 2. The van der Waals surface area contributed by atoms with Gasteiger partial charge in [-0.1, -0.05) is 24.3 Å². The second-order valence-electron chi connectivity index (χ2n) is 16.2. The number of pyridine rings is 2. The first-order chi connectivity index (χ1) is 30.7. The number of aryl methyl sites for hydroxylation is 4. The summed E-state index contributed by atoms with van der Waals surface area (Å²) < 4.78 is 48.9. The van der Waals surface area contributed by atoms with Gasteiger partial charge in [0, 0.05) is 106 Å². The molecule has 18 heteroatoms. The second-order valence-corrected chi connectivity index (χ2v) is 30.0. The fourth-order valence-electron chi connectivity index (χ4n) is 7.41. The van der Waals surface area contributed by atoms with Crippen LogP contribution in [0.15, 0.2) is 110 Å². The van der Waals surface area contributed by atoms with Crippen molar-refractivity contribution in [3.05, 3.63) is 121 Å². The number of phenols is 2. The van der Waals surface area contributed by atoms with E-state index in [1.54, 1.807) is 69.0 Å². The molecule has 12 nitrogen and oxygen atoms in total. The summed E-state index contributed by atoms with van der Waals surface area (Å²) in [6, 6.07) is 23.6. The molecule has 0 saturated carbocycles. The minimum atomic E-state index is -2.24. The van der Waals surface area contributed by atoms with Crippen molar-refractivity contribution < 1.29 is 88.7 Å². The molecule has 0 saturated heterocycles. The molecule has 0 aliphatic heterocycles. The van der Waals surface area contributed by atoms with Gasteiger partial charge in [0.05, 0.1) is 0 Å². The zero-order valence-electron chi connectivity index (χ0n) is 40.9. The second kappa shape index (κ2) is 30.7. The maximum Gasteiger partial charge on any atom is 0.364 e. The van der Waals surface area contributed by atoms with E-state index in [2.05, 4.69) is 71.3 Å². The van der Waals surface area contributed by atoms with E-state index in [9.17, 15) is 10.2 Å². The van der Waals surface area contributed by atoms with Crippen LogP contribution in [0.1, 0.15) is 36.8 Å². The van der Waals surface area contributed by atoms with Crippen molar-refractivity contribution in [3.63, 3.8) is 0 Å². The Balaban J connectivity index is 0.000000641. The molecule has 66 heavy (non-hydrogen) atoms. The first-order valence-electron chi connectivity index (χ1n) is 22.0. The lowest BCUT2D eigenvalue weighted by Gasteiger charge is -2.22. The van der Waals surface area contributed by atoms with Gasteiger partial charge in [0.15, 0.2) is 24.8 Å². The van der Waals surface area contributed by atoms with E-state index < -0.39 is 34.2 Å². The lowest BCUT2D eigenvalue weighted by atomic mass is 9.98. The summed E-state index contributed by atoms with van der Waals surface area (Å²) in [5.74, 6) is 0.542. The highest BCUT2D eigenvalue weighted by Crippen LogP contribution is 2.32.